The minimum Gasteiger partial charge on any atom is -0.489 e. The summed E-state index contributed by atoms with van der Waals surface area (Å²) in [7, 11) is -1.87. The number of sulfonamides is 1. The lowest BCUT2D eigenvalue weighted by Crippen LogP contribution is -2.14. The van der Waals surface area contributed by atoms with E-state index in [0.29, 0.717) is 17.9 Å². The highest BCUT2D eigenvalue weighted by Gasteiger charge is 2.15. The van der Waals surface area contributed by atoms with Crippen molar-refractivity contribution in [3.05, 3.63) is 41.2 Å². The number of ether oxygens (including phenoxy) is 1. The summed E-state index contributed by atoms with van der Waals surface area (Å²) in [5.74, 6) is 0.638. The first-order chi connectivity index (χ1) is 9.29. The van der Waals surface area contributed by atoms with E-state index < -0.39 is 10.0 Å². The molecular weight excluding hydrogens is 278 g/mol. The first kappa shape index (κ1) is 14.5. The Morgan fingerprint density at radius 2 is 2.00 bits per heavy atom. The van der Waals surface area contributed by atoms with Crippen LogP contribution in [0, 0.1) is 13.8 Å². The lowest BCUT2D eigenvalue weighted by Gasteiger charge is -2.13. The van der Waals surface area contributed by atoms with Crippen LogP contribution in [0.2, 0.25) is 0 Å². The number of benzene rings is 1. The summed E-state index contributed by atoms with van der Waals surface area (Å²) >= 11 is 0. The van der Waals surface area contributed by atoms with Gasteiger partial charge in [0.15, 0.2) is 0 Å². The van der Waals surface area contributed by atoms with Crippen molar-refractivity contribution in [2.45, 2.75) is 25.3 Å². The normalized spacial score (nSPS) is 11.6. The second-order valence-corrected chi connectivity index (χ2v) is 6.20. The molecule has 20 heavy (non-hydrogen) atoms. The maximum Gasteiger partial charge on any atom is 0.238 e. The van der Waals surface area contributed by atoms with Crippen LogP contribution < -0.4 is 9.88 Å². The van der Waals surface area contributed by atoms with Gasteiger partial charge < -0.3 is 4.74 Å². The number of aryl methyl sites for hydroxylation is 1. The minimum absolute atomic E-state index is 0.128. The van der Waals surface area contributed by atoms with Gasteiger partial charge in [0, 0.05) is 18.8 Å². The van der Waals surface area contributed by atoms with Gasteiger partial charge in [0.25, 0.3) is 0 Å². The monoisotopic (exact) mass is 295 g/mol. The Bertz CT molecular complexity index is 735. The van der Waals surface area contributed by atoms with Crippen molar-refractivity contribution in [1.29, 1.82) is 0 Å². The number of rotatable bonds is 4. The molecule has 2 rings (SSSR count). The second kappa shape index (κ2) is 5.26. The van der Waals surface area contributed by atoms with Crippen molar-refractivity contribution in [2.24, 2.45) is 12.2 Å². The van der Waals surface area contributed by atoms with Crippen molar-refractivity contribution in [1.82, 2.24) is 9.78 Å². The van der Waals surface area contributed by atoms with E-state index in [1.807, 2.05) is 20.2 Å². The topological polar surface area (TPSA) is 87.2 Å². The quantitative estimate of drug-likeness (QED) is 0.920. The molecule has 7 heteroatoms. The Balaban J connectivity index is 2.24. The molecule has 1 heterocycles. The maximum absolute atomic E-state index is 11.4. The highest BCUT2D eigenvalue weighted by atomic mass is 32.2. The predicted octanol–water partition coefficient (Wildman–Crippen LogP) is 1.26. The lowest BCUT2D eigenvalue weighted by molar-refractivity contribution is 0.303. The van der Waals surface area contributed by atoms with Crippen molar-refractivity contribution in [3.63, 3.8) is 0 Å². The van der Waals surface area contributed by atoms with Gasteiger partial charge in [0.2, 0.25) is 10.0 Å². The number of nitrogens with two attached hydrogens (primary N) is 1. The molecule has 1 aromatic carbocycles. The molecule has 0 spiro atoms. The first-order valence-electron chi connectivity index (χ1n) is 6.02. The van der Waals surface area contributed by atoms with Crippen LogP contribution >= 0.6 is 0 Å². The molecule has 0 unspecified atom stereocenters. The van der Waals surface area contributed by atoms with E-state index in [1.54, 1.807) is 23.9 Å². The Morgan fingerprint density at radius 1 is 1.30 bits per heavy atom. The van der Waals surface area contributed by atoms with E-state index >= 15 is 0 Å². The highest BCUT2D eigenvalue weighted by Crippen LogP contribution is 2.27. The molecule has 0 aliphatic rings. The zero-order chi connectivity index (χ0) is 14.9. The number of nitrogens with zero attached hydrogens (tertiary/aromatic N) is 2. The summed E-state index contributed by atoms with van der Waals surface area (Å²) in [6.45, 7) is 3.90. The van der Waals surface area contributed by atoms with Crippen LogP contribution in [0.15, 0.2) is 29.4 Å². The van der Waals surface area contributed by atoms with Gasteiger partial charge in [-0.25, -0.2) is 13.6 Å². The van der Waals surface area contributed by atoms with Crippen LogP contribution in [0.5, 0.6) is 5.75 Å². The third-order valence-electron chi connectivity index (χ3n) is 3.15. The summed E-state index contributed by atoms with van der Waals surface area (Å²) in [6, 6.07) is 3.09. The molecule has 1 aromatic heterocycles. The summed E-state index contributed by atoms with van der Waals surface area (Å²) in [4.78, 5) is 0.128. The van der Waals surface area contributed by atoms with Crippen molar-refractivity contribution >= 4 is 10.0 Å². The van der Waals surface area contributed by atoms with Gasteiger partial charge in [-0.05, 0) is 37.1 Å². The molecule has 0 amide bonds. The van der Waals surface area contributed by atoms with Crippen molar-refractivity contribution in [2.75, 3.05) is 0 Å². The summed E-state index contributed by atoms with van der Waals surface area (Å²) in [5, 5.41) is 9.22. The summed E-state index contributed by atoms with van der Waals surface area (Å²) in [5.41, 5.74) is 2.32. The molecule has 2 N–H and O–H groups in total. The molecule has 0 fully saturated rings. The van der Waals surface area contributed by atoms with Gasteiger partial charge in [0.05, 0.1) is 11.1 Å². The molecule has 0 radical (unpaired) electrons. The van der Waals surface area contributed by atoms with Crippen molar-refractivity contribution in [3.8, 4) is 5.75 Å². The van der Waals surface area contributed by atoms with Gasteiger partial charge in [0.1, 0.15) is 12.4 Å². The Kier molecular flexibility index (Phi) is 3.82. The van der Waals surface area contributed by atoms with Gasteiger partial charge in [-0.1, -0.05) is 0 Å². The molecule has 0 aliphatic carbocycles. The molecular formula is C13H17N3O3S. The van der Waals surface area contributed by atoms with Crippen LogP contribution in [0.3, 0.4) is 0 Å². The van der Waals surface area contributed by atoms with Crippen molar-refractivity contribution < 1.29 is 13.2 Å². The lowest BCUT2D eigenvalue weighted by atomic mass is 10.1. The van der Waals surface area contributed by atoms with E-state index in [-0.39, 0.29) is 4.90 Å². The van der Waals surface area contributed by atoms with Crippen LogP contribution in [0.1, 0.15) is 16.7 Å². The molecule has 108 valence electrons. The van der Waals surface area contributed by atoms with Crippen LogP contribution in [0.25, 0.3) is 0 Å². The van der Waals surface area contributed by atoms with E-state index in [2.05, 4.69) is 5.10 Å². The van der Waals surface area contributed by atoms with E-state index in [1.165, 1.54) is 6.07 Å². The van der Waals surface area contributed by atoms with Crippen LogP contribution in [0.4, 0.5) is 0 Å². The predicted molar refractivity (Wildman–Crippen MR) is 74.8 cm³/mol. The summed E-state index contributed by atoms with van der Waals surface area (Å²) in [6.07, 6.45) is 3.59. The molecule has 0 saturated heterocycles. The maximum atomic E-state index is 11.4. The fourth-order valence-corrected chi connectivity index (χ4v) is 2.78. The van der Waals surface area contributed by atoms with E-state index in [4.69, 9.17) is 9.88 Å². The largest absolute Gasteiger partial charge is 0.489 e. The average Bonchev–Trinajstić information content (AvgIpc) is 2.75. The third kappa shape index (κ3) is 3.00. The Hall–Kier alpha value is -1.86. The number of hydrogen-bond acceptors (Lipinski definition) is 4. The molecule has 0 atom stereocenters. The second-order valence-electron chi connectivity index (χ2n) is 4.67. The van der Waals surface area contributed by atoms with Crippen LogP contribution in [-0.4, -0.2) is 18.2 Å². The molecule has 2 aromatic rings. The van der Waals surface area contributed by atoms with E-state index in [0.717, 1.165) is 11.1 Å². The SMILES string of the molecule is Cc1c(OCc2cnn(C)c2)ccc(S(N)(=O)=O)c1C. The molecule has 0 aliphatic heterocycles. The van der Waals surface area contributed by atoms with Gasteiger partial charge in [-0.3, -0.25) is 4.68 Å². The zero-order valence-electron chi connectivity index (χ0n) is 11.6. The number of primary sulfonamides is 1. The highest BCUT2D eigenvalue weighted by molar-refractivity contribution is 7.89. The van der Waals surface area contributed by atoms with Gasteiger partial charge in [-0.15, -0.1) is 0 Å². The molecule has 0 saturated carbocycles. The summed E-state index contributed by atoms with van der Waals surface area (Å²) < 4.78 is 30.2. The standard InChI is InChI=1S/C13H17N3O3S/c1-9-10(2)13(20(14,17)18)5-4-12(9)19-8-11-6-15-16(3)7-11/h4-7H,8H2,1-3H3,(H2,14,17,18). The average molecular weight is 295 g/mol. The fourth-order valence-electron chi connectivity index (χ4n) is 1.94. The zero-order valence-corrected chi connectivity index (χ0v) is 12.4. The third-order valence-corrected chi connectivity index (χ3v) is 4.20. The number of aromatic nitrogens is 2. The van der Waals surface area contributed by atoms with E-state index in [9.17, 15) is 8.42 Å². The van der Waals surface area contributed by atoms with Gasteiger partial charge >= 0.3 is 0 Å². The van der Waals surface area contributed by atoms with Crippen LogP contribution in [-0.2, 0) is 23.7 Å². The molecule has 6 nitrogen and oxygen atoms in total. The molecule has 0 bridgehead atoms. The first-order valence-corrected chi connectivity index (χ1v) is 7.57. The Labute approximate surface area is 118 Å². The smallest absolute Gasteiger partial charge is 0.238 e. The fraction of sp³-hybridized carbons (Fsp3) is 0.308. The number of hydrogen-bond donors (Lipinski definition) is 1. The Morgan fingerprint density at radius 3 is 2.55 bits per heavy atom. The van der Waals surface area contributed by atoms with Gasteiger partial charge in [-0.2, -0.15) is 5.10 Å². The minimum atomic E-state index is -3.71.